The van der Waals surface area contributed by atoms with E-state index in [0.29, 0.717) is 12.2 Å². The Hall–Kier alpha value is -2.40. The number of rotatable bonds is 6. The average molecular weight is 328 g/mol. The van der Waals surface area contributed by atoms with Crippen molar-refractivity contribution in [3.8, 4) is 0 Å². The summed E-state index contributed by atoms with van der Waals surface area (Å²) in [7, 11) is 1.57. The van der Waals surface area contributed by atoms with Gasteiger partial charge in [-0.1, -0.05) is 50.2 Å². The highest BCUT2D eigenvalue weighted by Gasteiger charge is 2.30. The van der Waals surface area contributed by atoms with Gasteiger partial charge in [-0.15, -0.1) is 0 Å². The van der Waals surface area contributed by atoms with E-state index in [4.69, 9.17) is 0 Å². The summed E-state index contributed by atoms with van der Waals surface area (Å²) in [6, 6.07) is 14.4. The third-order valence-electron chi connectivity index (χ3n) is 4.44. The zero-order valence-electron chi connectivity index (χ0n) is 14.3. The fraction of sp³-hybridized carbons (Fsp3) is 0.368. The second-order valence-electron chi connectivity index (χ2n) is 6.63. The lowest BCUT2D eigenvalue weighted by Crippen LogP contribution is -2.38. The second kappa shape index (κ2) is 7.45. The maximum atomic E-state index is 12.4. The van der Waals surface area contributed by atoms with E-state index in [1.54, 1.807) is 19.2 Å². The van der Waals surface area contributed by atoms with E-state index in [-0.39, 0.29) is 24.0 Å². The van der Waals surface area contributed by atoms with Gasteiger partial charge >= 0.3 is 0 Å². The van der Waals surface area contributed by atoms with Crippen LogP contribution in [0.25, 0.3) is 0 Å². The first-order valence-electron chi connectivity index (χ1n) is 7.97. The molecule has 128 valence electrons. The van der Waals surface area contributed by atoms with Crippen LogP contribution in [0.3, 0.4) is 0 Å². The normalized spacial score (nSPS) is 12.7. The molecule has 0 aliphatic carbocycles. The molecule has 24 heavy (non-hydrogen) atoms. The molecule has 1 aromatic heterocycles. The predicted octanol–water partition coefficient (Wildman–Crippen LogP) is 1.92. The first-order chi connectivity index (χ1) is 11.4. The zero-order chi connectivity index (χ0) is 17.7. The van der Waals surface area contributed by atoms with Crippen molar-refractivity contribution in [1.82, 2.24) is 9.88 Å². The highest BCUT2D eigenvalue weighted by atomic mass is 16.3. The molecule has 1 atom stereocenters. The van der Waals surface area contributed by atoms with Gasteiger partial charge in [0.05, 0.1) is 0 Å². The van der Waals surface area contributed by atoms with Crippen molar-refractivity contribution in [3.63, 3.8) is 0 Å². The molecule has 5 nitrogen and oxygen atoms in total. The Morgan fingerprint density at radius 1 is 1.17 bits per heavy atom. The number of pyridine rings is 1. The van der Waals surface area contributed by atoms with Crippen LogP contribution in [0.15, 0.2) is 53.3 Å². The molecule has 0 bridgehead atoms. The summed E-state index contributed by atoms with van der Waals surface area (Å²) in [6.07, 6.45) is 0. The Balaban J connectivity index is 2.21. The fourth-order valence-electron chi connectivity index (χ4n) is 2.72. The van der Waals surface area contributed by atoms with Crippen LogP contribution in [0.4, 0.5) is 0 Å². The third kappa shape index (κ3) is 3.92. The standard InChI is InChI=1S/C19H24N2O3/c1-19(2,13-22)15(14-8-5-4-6-9-14)12-20-18(24)16-10-7-11-17(23)21(16)3/h4-11,15,22H,12-13H2,1-3H3,(H,20,24). The molecule has 5 heteroatoms. The lowest BCUT2D eigenvalue weighted by atomic mass is 9.75. The maximum absolute atomic E-state index is 12.4. The Morgan fingerprint density at radius 3 is 2.46 bits per heavy atom. The van der Waals surface area contributed by atoms with Crippen LogP contribution in [0.1, 0.15) is 35.8 Å². The van der Waals surface area contributed by atoms with Crippen molar-refractivity contribution >= 4 is 5.91 Å². The lowest BCUT2D eigenvalue weighted by Gasteiger charge is -2.33. The molecule has 0 radical (unpaired) electrons. The minimum atomic E-state index is -0.392. The molecule has 2 N–H and O–H groups in total. The van der Waals surface area contributed by atoms with Crippen LogP contribution in [0.2, 0.25) is 0 Å². The first kappa shape index (κ1) is 17.9. The molecule has 0 fully saturated rings. The molecule has 0 aliphatic rings. The van der Waals surface area contributed by atoms with Crippen LogP contribution in [0, 0.1) is 5.41 Å². The Morgan fingerprint density at radius 2 is 1.83 bits per heavy atom. The van der Waals surface area contributed by atoms with Crippen molar-refractivity contribution in [2.24, 2.45) is 12.5 Å². The summed E-state index contributed by atoms with van der Waals surface area (Å²) in [5, 5.41) is 12.6. The van der Waals surface area contributed by atoms with E-state index in [1.165, 1.54) is 10.6 Å². The van der Waals surface area contributed by atoms with Gasteiger partial charge < -0.3 is 15.0 Å². The minimum absolute atomic E-state index is 0.00620. The zero-order valence-corrected chi connectivity index (χ0v) is 14.3. The second-order valence-corrected chi connectivity index (χ2v) is 6.63. The van der Waals surface area contributed by atoms with Crippen LogP contribution in [0.5, 0.6) is 0 Å². The first-order valence-corrected chi connectivity index (χ1v) is 7.97. The Bertz CT molecular complexity index is 751. The van der Waals surface area contributed by atoms with Crippen LogP contribution < -0.4 is 10.9 Å². The smallest absolute Gasteiger partial charge is 0.268 e. The summed E-state index contributed by atoms with van der Waals surface area (Å²) in [4.78, 5) is 24.1. The summed E-state index contributed by atoms with van der Waals surface area (Å²) in [5.41, 5.74) is 0.755. The van der Waals surface area contributed by atoms with Gasteiger partial charge in [-0.2, -0.15) is 0 Å². The van der Waals surface area contributed by atoms with Crippen molar-refractivity contribution in [1.29, 1.82) is 0 Å². The van der Waals surface area contributed by atoms with E-state index >= 15 is 0 Å². The van der Waals surface area contributed by atoms with Gasteiger partial charge in [-0.05, 0) is 17.0 Å². The third-order valence-corrected chi connectivity index (χ3v) is 4.44. The SMILES string of the molecule is Cn1c(C(=O)NCC(c2ccccc2)C(C)(C)CO)cccc1=O. The molecule has 1 amide bonds. The lowest BCUT2D eigenvalue weighted by molar-refractivity contribution is 0.0911. The van der Waals surface area contributed by atoms with Gasteiger partial charge in [0.15, 0.2) is 0 Å². The number of benzene rings is 1. The molecule has 1 unspecified atom stereocenters. The monoisotopic (exact) mass is 328 g/mol. The highest BCUT2D eigenvalue weighted by molar-refractivity contribution is 5.92. The maximum Gasteiger partial charge on any atom is 0.268 e. The molecular weight excluding hydrogens is 304 g/mol. The van der Waals surface area contributed by atoms with Crippen LogP contribution in [-0.2, 0) is 7.05 Å². The Labute approximate surface area is 142 Å². The molecule has 0 spiro atoms. The van der Waals surface area contributed by atoms with E-state index in [9.17, 15) is 14.7 Å². The van der Waals surface area contributed by atoms with Crippen LogP contribution >= 0.6 is 0 Å². The van der Waals surface area contributed by atoms with E-state index in [2.05, 4.69) is 5.32 Å². The molecule has 2 rings (SSSR count). The number of hydrogen-bond donors (Lipinski definition) is 2. The molecule has 1 heterocycles. The quantitative estimate of drug-likeness (QED) is 0.851. The van der Waals surface area contributed by atoms with Gasteiger partial charge in [0.2, 0.25) is 0 Å². The van der Waals surface area contributed by atoms with E-state index < -0.39 is 5.41 Å². The van der Waals surface area contributed by atoms with E-state index in [0.717, 1.165) is 5.56 Å². The number of nitrogens with zero attached hydrogens (tertiary/aromatic N) is 1. The van der Waals surface area contributed by atoms with Crippen molar-refractivity contribution in [2.45, 2.75) is 19.8 Å². The number of amides is 1. The summed E-state index contributed by atoms with van der Waals surface area (Å²) in [6.45, 7) is 4.32. The number of carbonyl (C=O) groups excluding carboxylic acids is 1. The number of aliphatic hydroxyl groups is 1. The average Bonchev–Trinajstić information content (AvgIpc) is 2.58. The van der Waals surface area contributed by atoms with Gasteiger partial charge in [0, 0.05) is 32.2 Å². The van der Waals surface area contributed by atoms with Crippen molar-refractivity contribution in [2.75, 3.05) is 13.2 Å². The molecule has 0 aliphatic heterocycles. The molecule has 2 aromatic rings. The number of carbonyl (C=O) groups is 1. The molecular formula is C19H24N2O3. The molecule has 0 saturated carbocycles. The van der Waals surface area contributed by atoms with Crippen molar-refractivity contribution < 1.29 is 9.90 Å². The largest absolute Gasteiger partial charge is 0.396 e. The Kier molecular flexibility index (Phi) is 5.57. The van der Waals surface area contributed by atoms with Gasteiger partial charge in [-0.25, -0.2) is 0 Å². The summed E-state index contributed by atoms with van der Waals surface area (Å²) >= 11 is 0. The molecule has 0 saturated heterocycles. The number of hydrogen-bond acceptors (Lipinski definition) is 3. The summed E-state index contributed by atoms with van der Waals surface area (Å²) in [5.74, 6) is -0.349. The topological polar surface area (TPSA) is 71.3 Å². The summed E-state index contributed by atoms with van der Waals surface area (Å²) < 4.78 is 1.32. The van der Waals surface area contributed by atoms with Gasteiger partial charge in [0.1, 0.15) is 5.69 Å². The number of aromatic nitrogens is 1. The fourth-order valence-corrected chi connectivity index (χ4v) is 2.72. The van der Waals surface area contributed by atoms with Crippen molar-refractivity contribution in [3.05, 3.63) is 70.1 Å². The van der Waals surface area contributed by atoms with Crippen LogP contribution in [-0.4, -0.2) is 28.7 Å². The molecule has 1 aromatic carbocycles. The minimum Gasteiger partial charge on any atom is -0.396 e. The van der Waals surface area contributed by atoms with Gasteiger partial charge in [-0.3, -0.25) is 9.59 Å². The predicted molar refractivity (Wildman–Crippen MR) is 94.1 cm³/mol. The number of nitrogens with one attached hydrogen (secondary N) is 1. The number of aliphatic hydroxyl groups excluding tert-OH is 1. The van der Waals surface area contributed by atoms with Gasteiger partial charge in [0.25, 0.3) is 11.5 Å². The highest BCUT2D eigenvalue weighted by Crippen LogP contribution is 2.34. The van der Waals surface area contributed by atoms with E-state index in [1.807, 2.05) is 44.2 Å².